The molecule has 1 aliphatic rings. The average Bonchev–Trinajstić information content (AvgIpc) is 3.07. The molecule has 0 N–H and O–H groups in total. The van der Waals surface area contributed by atoms with Gasteiger partial charge in [-0.3, -0.25) is 4.79 Å². The van der Waals surface area contributed by atoms with Crippen LogP contribution in [0.3, 0.4) is 0 Å². The second-order valence-electron chi connectivity index (χ2n) is 7.21. The van der Waals surface area contributed by atoms with Crippen molar-refractivity contribution in [1.29, 1.82) is 0 Å². The van der Waals surface area contributed by atoms with E-state index in [1.807, 2.05) is 6.07 Å². The molecule has 2 nitrogen and oxygen atoms in total. The van der Waals surface area contributed by atoms with Crippen molar-refractivity contribution >= 4 is 5.91 Å². The minimum Gasteiger partial charge on any atom is -0.337 e. The molecule has 1 aromatic rings. The van der Waals surface area contributed by atoms with Crippen LogP contribution in [-0.4, -0.2) is 22.9 Å². The molecule has 0 aliphatic heterocycles. The van der Waals surface area contributed by atoms with Crippen LogP contribution in [0, 0.1) is 5.41 Å². The first-order valence-corrected chi connectivity index (χ1v) is 8.18. The number of hydrogen-bond donors (Lipinski definition) is 0. The number of amides is 1. The molecule has 0 aromatic heterocycles. The maximum absolute atomic E-state index is 13.2. The van der Waals surface area contributed by atoms with Gasteiger partial charge in [0.25, 0.3) is 0 Å². The summed E-state index contributed by atoms with van der Waals surface area (Å²) in [4.78, 5) is 15.2. The van der Waals surface area contributed by atoms with Gasteiger partial charge >= 0.3 is 0 Å². The van der Waals surface area contributed by atoms with Gasteiger partial charge in [-0.15, -0.1) is 0 Å². The molecular weight excluding hydrogens is 258 g/mol. The Kier molecular flexibility index (Phi) is 4.19. The molecule has 1 aromatic carbocycles. The van der Waals surface area contributed by atoms with E-state index in [-0.39, 0.29) is 22.9 Å². The number of hydrogen-bond acceptors (Lipinski definition) is 1. The molecule has 116 valence electrons. The highest BCUT2D eigenvalue weighted by Gasteiger charge is 2.69. The molecule has 0 radical (unpaired) electrons. The van der Waals surface area contributed by atoms with E-state index in [1.54, 1.807) is 0 Å². The van der Waals surface area contributed by atoms with Crippen LogP contribution < -0.4 is 0 Å². The van der Waals surface area contributed by atoms with Gasteiger partial charge in [0.05, 0.1) is 5.41 Å². The van der Waals surface area contributed by atoms with Gasteiger partial charge in [0.15, 0.2) is 0 Å². The summed E-state index contributed by atoms with van der Waals surface area (Å²) in [6, 6.07) is 11.1. The largest absolute Gasteiger partial charge is 0.337 e. The van der Waals surface area contributed by atoms with Crippen molar-refractivity contribution in [1.82, 2.24) is 4.90 Å². The molecule has 2 rings (SSSR count). The van der Waals surface area contributed by atoms with Crippen LogP contribution in [0.4, 0.5) is 0 Å². The van der Waals surface area contributed by atoms with Gasteiger partial charge in [-0.2, -0.15) is 0 Å². The Morgan fingerprint density at radius 3 is 2.10 bits per heavy atom. The molecule has 1 amide bonds. The quantitative estimate of drug-likeness (QED) is 0.786. The lowest BCUT2D eigenvalue weighted by molar-refractivity contribution is -0.141. The van der Waals surface area contributed by atoms with Crippen molar-refractivity contribution in [3.8, 4) is 0 Å². The van der Waals surface area contributed by atoms with Gasteiger partial charge < -0.3 is 4.90 Å². The predicted molar refractivity (Wildman–Crippen MR) is 88.3 cm³/mol. The zero-order valence-corrected chi connectivity index (χ0v) is 14.3. The molecule has 0 bridgehead atoms. The molecule has 0 unspecified atom stereocenters. The maximum atomic E-state index is 13.2. The van der Waals surface area contributed by atoms with E-state index < -0.39 is 0 Å². The van der Waals surface area contributed by atoms with Crippen LogP contribution in [0.2, 0.25) is 0 Å². The summed E-state index contributed by atoms with van der Waals surface area (Å²) in [5, 5.41) is 0. The normalized spacial score (nSPS) is 28.0. The fourth-order valence-electron chi connectivity index (χ4n) is 4.09. The van der Waals surface area contributed by atoms with Crippen LogP contribution >= 0.6 is 0 Å². The summed E-state index contributed by atoms with van der Waals surface area (Å²) >= 11 is 0. The van der Waals surface area contributed by atoms with Crippen LogP contribution in [-0.2, 0) is 10.2 Å². The van der Waals surface area contributed by atoms with E-state index in [2.05, 4.69) is 70.7 Å². The third kappa shape index (κ3) is 2.39. The second-order valence-corrected chi connectivity index (χ2v) is 7.21. The minimum absolute atomic E-state index is 0.0212. The third-order valence-electron chi connectivity index (χ3n) is 5.34. The molecule has 0 heterocycles. The highest BCUT2D eigenvalue weighted by Crippen LogP contribution is 2.67. The summed E-state index contributed by atoms with van der Waals surface area (Å²) < 4.78 is 0. The number of carbonyl (C=O) groups excluding carboxylic acids is 1. The van der Waals surface area contributed by atoms with Crippen molar-refractivity contribution < 1.29 is 4.79 Å². The molecule has 1 fully saturated rings. The first-order valence-electron chi connectivity index (χ1n) is 8.18. The molecule has 2 heteroatoms. The van der Waals surface area contributed by atoms with Gasteiger partial charge in [-0.1, -0.05) is 37.3 Å². The highest BCUT2D eigenvalue weighted by atomic mass is 16.2. The zero-order valence-electron chi connectivity index (χ0n) is 14.3. The van der Waals surface area contributed by atoms with Gasteiger partial charge in [0.1, 0.15) is 0 Å². The minimum atomic E-state index is -0.252. The Balaban J connectivity index is 2.34. The Labute approximate surface area is 129 Å². The molecule has 1 saturated carbocycles. The topological polar surface area (TPSA) is 20.3 Å². The van der Waals surface area contributed by atoms with Crippen LogP contribution in [0.25, 0.3) is 0 Å². The lowest BCUT2D eigenvalue weighted by atomic mass is 9.83. The van der Waals surface area contributed by atoms with Gasteiger partial charge in [0.2, 0.25) is 5.91 Å². The molecule has 0 spiro atoms. The van der Waals surface area contributed by atoms with Crippen molar-refractivity contribution in [2.75, 3.05) is 0 Å². The second kappa shape index (κ2) is 5.47. The van der Waals surface area contributed by atoms with E-state index in [1.165, 1.54) is 5.56 Å². The number of benzene rings is 1. The van der Waals surface area contributed by atoms with Crippen molar-refractivity contribution in [3.63, 3.8) is 0 Å². The summed E-state index contributed by atoms with van der Waals surface area (Å²) in [6.45, 7) is 12.8. The monoisotopic (exact) mass is 287 g/mol. The van der Waals surface area contributed by atoms with E-state index in [9.17, 15) is 4.79 Å². The van der Waals surface area contributed by atoms with Crippen molar-refractivity contribution in [2.24, 2.45) is 5.41 Å². The predicted octanol–water partition coefficient (Wildman–Crippen LogP) is 4.39. The van der Waals surface area contributed by atoms with Crippen molar-refractivity contribution in [2.45, 2.75) is 71.9 Å². The average molecular weight is 287 g/mol. The Morgan fingerprint density at radius 1 is 1.14 bits per heavy atom. The van der Waals surface area contributed by atoms with Gasteiger partial charge in [-0.25, -0.2) is 0 Å². The SMILES string of the molecule is CC[C@@]1(c2ccccc2)C[C@@]1(C)C(=O)N(C(C)C)C(C)C. The highest BCUT2D eigenvalue weighted by molar-refractivity contribution is 5.89. The summed E-state index contributed by atoms with van der Waals surface area (Å²) in [7, 11) is 0. The molecule has 2 atom stereocenters. The van der Waals surface area contributed by atoms with Crippen LogP contribution in [0.1, 0.15) is 59.9 Å². The summed E-state index contributed by atoms with van der Waals surface area (Å²) in [5.74, 6) is 0.318. The Morgan fingerprint density at radius 2 is 1.67 bits per heavy atom. The molecule has 21 heavy (non-hydrogen) atoms. The standard InChI is InChI=1S/C19H29NO/c1-7-19(16-11-9-8-10-12-16)13-18(19,6)17(21)20(14(2)3)15(4)5/h8-12,14-15H,7,13H2,1-6H3/t18-,19-/m0/s1. The van der Waals surface area contributed by atoms with Gasteiger partial charge in [-0.05, 0) is 53.0 Å². The number of nitrogens with zero attached hydrogens (tertiary/aromatic N) is 1. The van der Waals surface area contributed by atoms with E-state index >= 15 is 0 Å². The molecule has 0 saturated heterocycles. The smallest absolute Gasteiger partial charge is 0.229 e. The Hall–Kier alpha value is -1.31. The number of carbonyl (C=O) groups is 1. The molecular formula is C19H29NO. The van der Waals surface area contributed by atoms with Crippen LogP contribution in [0.5, 0.6) is 0 Å². The lowest BCUT2D eigenvalue weighted by Crippen LogP contribution is -2.47. The summed E-state index contributed by atoms with van der Waals surface area (Å²) in [6.07, 6.45) is 1.98. The van der Waals surface area contributed by atoms with Gasteiger partial charge in [0, 0.05) is 17.5 Å². The summed E-state index contributed by atoms with van der Waals surface area (Å²) in [5.41, 5.74) is 1.08. The fourth-order valence-corrected chi connectivity index (χ4v) is 4.09. The Bertz CT molecular complexity index is 500. The van der Waals surface area contributed by atoms with Crippen LogP contribution in [0.15, 0.2) is 30.3 Å². The maximum Gasteiger partial charge on any atom is 0.229 e. The van der Waals surface area contributed by atoms with E-state index in [0.29, 0.717) is 5.91 Å². The van der Waals surface area contributed by atoms with Crippen molar-refractivity contribution in [3.05, 3.63) is 35.9 Å². The first-order chi connectivity index (χ1) is 9.80. The van der Waals surface area contributed by atoms with E-state index in [0.717, 1.165) is 12.8 Å². The van der Waals surface area contributed by atoms with E-state index in [4.69, 9.17) is 0 Å². The molecule has 1 aliphatic carbocycles. The number of rotatable bonds is 5. The fraction of sp³-hybridized carbons (Fsp3) is 0.632. The third-order valence-corrected chi connectivity index (χ3v) is 5.34. The lowest BCUT2D eigenvalue weighted by Gasteiger charge is -2.35. The zero-order chi connectivity index (χ0) is 15.8. The first kappa shape index (κ1) is 16.1.